The molecule has 0 atom stereocenters. The second kappa shape index (κ2) is 7.51. The number of likely N-dealkylation sites (N-methyl/N-ethyl adjacent to an activating group) is 1. The third-order valence-electron chi connectivity index (χ3n) is 1.26. The van der Waals surface area contributed by atoms with Gasteiger partial charge in [0.25, 0.3) is 0 Å². The number of nitrogens with one attached hydrogen (secondary N) is 3. The van der Waals surface area contributed by atoms with Gasteiger partial charge in [-0.15, -0.1) is 0 Å². The third kappa shape index (κ3) is 8.77. The van der Waals surface area contributed by atoms with E-state index in [1.54, 1.807) is 7.05 Å². The predicted molar refractivity (Wildman–Crippen MR) is 47.4 cm³/mol. The molecule has 0 bridgehead atoms. The molecule has 0 aromatic carbocycles. The average molecular weight is 189 g/mol. The summed E-state index contributed by atoms with van der Waals surface area (Å²) in [6.07, 6.45) is 0. The lowest BCUT2D eigenvalue weighted by Gasteiger charge is -2.04. The summed E-state index contributed by atoms with van der Waals surface area (Å²) in [7, 11) is 1.79. The fourth-order valence-electron chi connectivity index (χ4n) is 0.672. The Hall–Kier alpha value is -1.14. The first-order chi connectivity index (χ1) is 6.16. The Labute approximate surface area is 76.7 Å². The molecule has 0 saturated heterocycles. The zero-order valence-corrected chi connectivity index (χ0v) is 7.59. The molecule has 0 aromatic heterocycles. The van der Waals surface area contributed by atoms with E-state index in [-0.39, 0.29) is 19.0 Å². The van der Waals surface area contributed by atoms with Crippen LogP contribution in [0.4, 0.5) is 0 Å². The molecule has 6 nitrogen and oxygen atoms in total. The van der Waals surface area contributed by atoms with Crippen molar-refractivity contribution >= 4 is 11.9 Å². The number of carbonyl (C=O) groups is 2. The van der Waals surface area contributed by atoms with Gasteiger partial charge < -0.3 is 15.7 Å². The number of rotatable bonds is 7. The molecule has 0 saturated carbocycles. The van der Waals surface area contributed by atoms with E-state index in [1.165, 1.54) is 0 Å². The Morgan fingerprint density at radius 1 is 1.23 bits per heavy atom. The lowest BCUT2D eigenvalue weighted by Crippen LogP contribution is -2.38. The highest BCUT2D eigenvalue weighted by atomic mass is 16.4. The largest absolute Gasteiger partial charge is 0.480 e. The van der Waals surface area contributed by atoms with Crippen LogP contribution < -0.4 is 16.0 Å². The van der Waals surface area contributed by atoms with Gasteiger partial charge in [-0.05, 0) is 7.05 Å². The van der Waals surface area contributed by atoms with E-state index >= 15 is 0 Å². The van der Waals surface area contributed by atoms with Crippen molar-refractivity contribution < 1.29 is 14.7 Å². The number of amides is 1. The Balaban J connectivity index is 3.25. The number of aliphatic carboxylic acids is 1. The van der Waals surface area contributed by atoms with E-state index in [0.717, 1.165) is 0 Å². The third-order valence-corrected chi connectivity index (χ3v) is 1.26. The average Bonchev–Trinajstić information content (AvgIpc) is 2.04. The fraction of sp³-hybridized carbons (Fsp3) is 0.714. The molecule has 0 spiro atoms. The zero-order valence-electron chi connectivity index (χ0n) is 7.59. The molecule has 0 unspecified atom stereocenters. The molecular weight excluding hydrogens is 174 g/mol. The summed E-state index contributed by atoms with van der Waals surface area (Å²) in [5.41, 5.74) is 0. The van der Waals surface area contributed by atoms with Crippen LogP contribution in [0.5, 0.6) is 0 Å². The number of hydrogen-bond acceptors (Lipinski definition) is 4. The first kappa shape index (κ1) is 11.9. The number of hydrogen-bond donors (Lipinski definition) is 4. The van der Waals surface area contributed by atoms with E-state index in [2.05, 4.69) is 16.0 Å². The van der Waals surface area contributed by atoms with Gasteiger partial charge >= 0.3 is 5.97 Å². The summed E-state index contributed by atoms with van der Waals surface area (Å²) in [4.78, 5) is 20.9. The van der Waals surface area contributed by atoms with Crippen LogP contribution in [0.3, 0.4) is 0 Å². The summed E-state index contributed by atoms with van der Waals surface area (Å²) in [5.74, 6) is -1.17. The molecule has 76 valence electrons. The van der Waals surface area contributed by atoms with Crippen molar-refractivity contribution in [1.82, 2.24) is 16.0 Å². The van der Waals surface area contributed by atoms with Crippen molar-refractivity contribution in [3.05, 3.63) is 0 Å². The zero-order chi connectivity index (χ0) is 10.1. The minimum atomic E-state index is -0.969. The van der Waals surface area contributed by atoms with Crippen molar-refractivity contribution in [3.63, 3.8) is 0 Å². The molecule has 0 rings (SSSR count). The van der Waals surface area contributed by atoms with Gasteiger partial charge in [0.05, 0.1) is 13.1 Å². The normalized spacial score (nSPS) is 9.62. The van der Waals surface area contributed by atoms with E-state index in [4.69, 9.17) is 5.11 Å². The topological polar surface area (TPSA) is 90.5 Å². The molecule has 0 fully saturated rings. The highest BCUT2D eigenvalue weighted by Crippen LogP contribution is 1.65. The summed E-state index contributed by atoms with van der Waals surface area (Å²) < 4.78 is 0. The molecule has 1 amide bonds. The second-order valence-corrected chi connectivity index (χ2v) is 2.45. The molecule has 0 radical (unpaired) electrons. The molecule has 0 heterocycles. The second-order valence-electron chi connectivity index (χ2n) is 2.45. The lowest BCUT2D eigenvalue weighted by atomic mass is 10.5. The van der Waals surface area contributed by atoms with E-state index in [0.29, 0.717) is 13.1 Å². The van der Waals surface area contributed by atoms with E-state index in [1.807, 2.05) is 0 Å². The van der Waals surface area contributed by atoms with Crippen molar-refractivity contribution in [2.75, 3.05) is 33.2 Å². The fourth-order valence-corrected chi connectivity index (χ4v) is 0.672. The Bertz CT molecular complexity index is 172. The van der Waals surface area contributed by atoms with Gasteiger partial charge in [-0.2, -0.15) is 0 Å². The van der Waals surface area contributed by atoms with Gasteiger partial charge in [-0.1, -0.05) is 0 Å². The summed E-state index contributed by atoms with van der Waals surface area (Å²) >= 11 is 0. The van der Waals surface area contributed by atoms with Gasteiger partial charge in [0.1, 0.15) is 0 Å². The highest BCUT2D eigenvalue weighted by molar-refractivity contribution is 5.78. The monoisotopic (exact) mass is 189 g/mol. The minimum Gasteiger partial charge on any atom is -0.480 e. The van der Waals surface area contributed by atoms with Crippen LogP contribution in [0.2, 0.25) is 0 Å². The quantitative estimate of drug-likeness (QED) is 0.348. The number of carboxylic acid groups (broad SMARTS) is 1. The van der Waals surface area contributed by atoms with Crippen LogP contribution in [0.15, 0.2) is 0 Å². The minimum absolute atomic E-state index is 0.0377. The van der Waals surface area contributed by atoms with Crippen LogP contribution in [0.25, 0.3) is 0 Å². The number of carbonyl (C=O) groups excluding carboxylic acids is 1. The van der Waals surface area contributed by atoms with Crippen molar-refractivity contribution in [1.29, 1.82) is 0 Å². The summed E-state index contributed by atoms with van der Waals surface area (Å²) in [5, 5.41) is 16.2. The molecule has 0 aliphatic heterocycles. The molecule has 13 heavy (non-hydrogen) atoms. The van der Waals surface area contributed by atoms with Gasteiger partial charge in [-0.3, -0.25) is 14.9 Å². The predicted octanol–water partition coefficient (Wildman–Crippen LogP) is -2.00. The standard InChI is InChI=1S/C7H15N3O3/c1-8-2-3-10-6(11)4-9-5-7(12)13/h8-9H,2-5H2,1H3,(H,10,11)(H,12,13). The Kier molecular flexibility index (Phi) is 6.85. The molecule has 0 aliphatic carbocycles. The maximum absolute atomic E-state index is 10.9. The van der Waals surface area contributed by atoms with Crippen LogP contribution in [0, 0.1) is 0 Å². The maximum atomic E-state index is 10.9. The Morgan fingerprint density at radius 2 is 1.92 bits per heavy atom. The van der Waals surface area contributed by atoms with Crippen molar-refractivity contribution in [2.45, 2.75) is 0 Å². The molecule has 0 aromatic rings. The van der Waals surface area contributed by atoms with Gasteiger partial charge in [0, 0.05) is 13.1 Å². The van der Waals surface area contributed by atoms with Crippen molar-refractivity contribution in [3.8, 4) is 0 Å². The van der Waals surface area contributed by atoms with Crippen LogP contribution in [0.1, 0.15) is 0 Å². The highest BCUT2D eigenvalue weighted by Gasteiger charge is 2.00. The molecule has 0 aliphatic rings. The maximum Gasteiger partial charge on any atom is 0.317 e. The molecular formula is C7H15N3O3. The number of carboxylic acids is 1. The first-order valence-electron chi connectivity index (χ1n) is 4.00. The van der Waals surface area contributed by atoms with Gasteiger partial charge in [-0.25, -0.2) is 0 Å². The smallest absolute Gasteiger partial charge is 0.317 e. The van der Waals surface area contributed by atoms with E-state index < -0.39 is 5.97 Å². The SMILES string of the molecule is CNCCNC(=O)CNCC(=O)O. The van der Waals surface area contributed by atoms with Gasteiger partial charge in [0.2, 0.25) is 5.91 Å². The van der Waals surface area contributed by atoms with Crippen LogP contribution in [-0.2, 0) is 9.59 Å². The van der Waals surface area contributed by atoms with Gasteiger partial charge in [0.15, 0.2) is 0 Å². The van der Waals surface area contributed by atoms with E-state index in [9.17, 15) is 9.59 Å². The summed E-state index contributed by atoms with van der Waals surface area (Å²) in [6.45, 7) is 1.09. The van der Waals surface area contributed by atoms with Crippen molar-refractivity contribution in [2.24, 2.45) is 0 Å². The molecule has 6 heteroatoms. The van der Waals surface area contributed by atoms with Crippen LogP contribution >= 0.6 is 0 Å². The molecule has 4 N–H and O–H groups in total. The first-order valence-corrected chi connectivity index (χ1v) is 4.00. The van der Waals surface area contributed by atoms with Crippen LogP contribution in [-0.4, -0.2) is 50.2 Å². The Morgan fingerprint density at radius 3 is 2.46 bits per heavy atom. The summed E-state index contributed by atoms with van der Waals surface area (Å²) in [6, 6.07) is 0. The lowest BCUT2D eigenvalue weighted by molar-refractivity contribution is -0.136.